The Kier molecular flexibility index (Phi) is 3.39. The number of benzene rings is 1. The molecule has 1 aromatic carbocycles. The second-order valence-electron chi connectivity index (χ2n) is 3.76. The van der Waals surface area contributed by atoms with Crippen molar-refractivity contribution in [1.82, 2.24) is 0 Å². The minimum Gasteiger partial charge on any atom is -0.492 e. The van der Waals surface area contributed by atoms with Crippen molar-refractivity contribution in [3.63, 3.8) is 0 Å². The third-order valence-corrected chi connectivity index (χ3v) is 2.51. The van der Waals surface area contributed by atoms with E-state index in [9.17, 15) is 9.59 Å². The lowest BCUT2D eigenvalue weighted by molar-refractivity contribution is -0.121. The second kappa shape index (κ2) is 4.97. The Labute approximate surface area is 99.2 Å². The predicted molar refractivity (Wildman–Crippen MR) is 62.7 cm³/mol. The summed E-state index contributed by atoms with van der Waals surface area (Å²) >= 11 is 0. The first-order valence-electron chi connectivity index (χ1n) is 5.51. The van der Waals surface area contributed by atoms with Crippen molar-refractivity contribution in [2.45, 2.75) is 12.8 Å². The van der Waals surface area contributed by atoms with Crippen LogP contribution in [0.1, 0.15) is 12.8 Å². The summed E-state index contributed by atoms with van der Waals surface area (Å²) in [6.07, 6.45) is 0.569. The van der Waals surface area contributed by atoms with Gasteiger partial charge in [0.05, 0.1) is 5.69 Å². The molecule has 90 valence electrons. The molecule has 1 saturated heterocycles. The lowest BCUT2D eigenvalue weighted by Crippen LogP contribution is -2.28. The van der Waals surface area contributed by atoms with Gasteiger partial charge in [0.15, 0.2) is 0 Å². The maximum atomic E-state index is 11.6. The van der Waals surface area contributed by atoms with Gasteiger partial charge in [-0.25, -0.2) is 0 Å². The van der Waals surface area contributed by atoms with Crippen LogP contribution in [0.3, 0.4) is 0 Å². The SMILES string of the molecule is NCCOc1cccc(N2C(=O)CCC2=O)c1. The molecule has 0 aliphatic carbocycles. The molecule has 5 nitrogen and oxygen atoms in total. The Hall–Kier alpha value is -1.88. The number of carbonyl (C=O) groups is 2. The van der Waals surface area contributed by atoms with E-state index in [2.05, 4.69) is 0 Å². The quantitative estimate of drug-likeness (QED) is 0.777. The third-order valence-electron chi connectivity index (χ3n) is 2.51. The molecule has 17 heavy (non-hydrogen) atoms. The van der Waals surface area contributed by atoms with E-state index in [-0.39, 0.29) is 24.7 Å². The van der Waals surface area contributed by atoms with E-state index >= 15 is 0 Å². The zero-order valence-electron chi connectivity index (χ0n) is 9.39. The van der Waals surface area contributed by atoms with Crippen LogP contribution < -0.4 is 15.4 Å². The van der Waals surface area contributed by atoms with Gasteiger partial charge in [0, 0.05) is 25.5 Å². The van der Waals surface area contributed by atoms with Gasteiger partial charge in [-0.2, -0.15) is 0 Å². The Morgan fingerprint density at radius 1 is 1.24 bits per heavy atom. The minimum atomic E-state index is -0.161. The molecule has 0 saturated carbocycles. The molecule has 1 heterocycles. The fourth-order valence-corrected chi connectivity index (χ4v) is 1.75. The highest BCUT2D eigenvalue weighted by Gasteiger charge is 2.30. The molecule has 1 aromatic rings. The van der Waals surface area contributed by atoms with Gasteiger partial charge >= 0.3 is 0 Å². The highest BCUT2D eigenvalue weighted by Crippen LogP contribution is 2.25. The topological polar surface area (TPSA) is 72.6 Å². The molecule has 0 radical (unpaired) electrons. The van der Waals surface area contributed by atoms with Crippen molar-refractivity contribution in [3.05, 3.63) is 24.3 Å². The Morgan fingerprint density at radius 2 is 1.94 bits per heavy atom. The van der Waals surface area contributed by atoms with E-state index in [4.69, 9.17) is 10.5 Å². The normalized spacial score (nSPS) is 15.5. The number of imide groups is 1. The summed E-state index contributed by atoms with van der Waals surface area (Å²) < 4.78 is 5.35. The summed E-state index contributed by atoms with van der Waals surface area (Å²) in [6, 6.07) is 6.91. The molecule has 2 N–H and O–H groups in total. The zero-order valence-corrected chi connectivity index (χ0v) is 9.39. The van der Waals surface area contributed by atoms with Gasteiger partial charge in [-0.3, -0.25) is 14.5 Å². The fourth-order valence-electron chi connectivity index (χ4n) is 1.75. The molecule has 5 heteroatoms. The standard InChI is InChI=1S/C12H14N2O3/c13-6-7-17-10-3-1-2-9(8-10)14-11(15)4-5-12(14)16/h1-3,8H,4-7,13H2. The van der Waals surface area contributed by atoms with Crippen LogP contribution in [0.5, 0.6) is 5.75 Å². The van der Waals surface area contributed by atoms with Crippen molar-refractivity contribution in [1.29, 1.82) is 0 Å². The fraction of sp³-hybridized carbons (Fsp3) is 0.333. The monoisotopic (exact) mass is 234 g/mol. The molecule has 1 fully saturated rings. The largest absolute Gasteiger partial charge is 0.492 e. The van der Waals surface area contributed by atoms with E-state index < -0.39 is 0 Å². The lowest BCUT2D eigenvalue weighted by Gasteiger charge is -2.14. The molecule has 0 atom stereocenters. The van der Waals surface area contributed by atoms with Crippen LogP contribution in [0.4, 0.5) is 5.69 Å². The predicted octanol–water partition coefficient (Wildman–Crippen LogP) is 0.677. The molecule has 1 aliphatic heterocycles. The molecular formula is C12H14N2O3. The number of carbonyl (C=O) groups excluding carboxylic acids is 2. The van der Waals surface area contributed by atoms with Crippen LogP contribution in [0.25, 0.3) is 0 Å². The summed E-state index contributed by atoms with van der Waals surface area (Å²) in [7, 11) is 0. The third kappa shape index (κ3) is 2.45. The van der Waals surface area contributed by atoms with Gasteiger partial charge in [-0.1, -0.05) is 6.07 Å². The number of rotatable bonds is 4. The summed E-state index contributed by atoms with van der Waals surface area (Å²) in [4.78, 5) is 24.3. The summed E-state index contributed by atoms with van der Waals surface area (Å²) in [5.41, 5.74) is 5.90. The summed E-state index contributed by atoms with van der Waals surface area (Å²) in [5.74, 6) is 0.289. The molecule has 1 aliphatic rings. The van der Waals surface area contributed by atoms with Gasteiger partial charge < -0.3 is 10.5 Å². The molecule has 2 rings (SSSR count). The van der Waals surface area contributed by atoms with E-state index in [1.54, 1.807) is 24.3 Å². The maximum absolute atomic E-state index is 11.6. The summed E-state index contributed by atoms with van der Waals surface area (Å²) in [5, 5.41) is 0. The van der Waals surface area contributed by atoms with Crippen LogP contribution in [0.2, 0.25) is 0 Å². The number of nitrogens with zero attached hydrogens (tertiary/aromatic N) is 1. The highest BCUT2D eigenvalue weighted by atomic mass is 16.5. The van der Waals surface area contributed by atoms with Crippen LogP contribution in [0, 0.1) is 0 Å². The van der Waals surface area contributed by atoms with Gasteiger partial charge in [-0.05, 0) is 12.1 Å². The lowest BCUT2D eigenvalue weighted by atomic mass is 10.3. The van der Waals surface area contributed by atoms with Crippen molar-refractivity contribution in [2.75, 3.05) is 18.1 Å². The average Bonchev–Trinajstić information content (AvgIpc) is 2.67. The smallest absolute Gasteiger partial charge is 0.234 e. The first kappa shape index (κ1) is 11.6. The Morgan fingerprint density at radius 3 is 2.59 bits per heavy atom. The van der Waals surface area contributed by atoms with Crippen molar-refractivity contribution < 1.29 is 14.3 Å². The molecule has 2 amide bonds. The van der Waals surface area contributed by atoms with Crippen LogP contribution in [0.15, 0.2) is 24.3 Å². The van der Waals surface area contributed by atoms with Crippen molar-refractivity contribution in [2.24, 2.45) is 5.73 Å². The van der Waals surface area contributed by atoms with E-state index in [0.29, 0.717) is 24.6 Å². The van der Waals surface area contributed by atoms with E-state index in [1.165, 1.54) is 4.90 Å². The number of hydrogen-bond donors (Lipinski definition) is 1. The second-order valence-corrected chi connectivity index (χ2v) is 3.76. The van der Waals surface area contributed by atoms with Crippen LogP contribution >= 0.6 is 0 Å². The van der Waals surface area contributed by atoms with Crippen molar-refractivity contribution >= 4 is 17.5 Å². The van der Waals surface area contributed by atoms with Gasteiger partial charge in [-0.15, -0.1) is 0 Å². The Balaban J connectivity index is 2.20. The molecule has 0 unspecified atom stereocenters. The van der Waals surface area contributed by atoms with Gasteiger partial charge in [0.2, 0.25) is 11.8 Å². The highest BCUT2D eigenvalue weighted by molar-refractivity contribution is 6.19. The molecular weight excluding hydrogens is 220 g/mol. The number of anilines is 1. The van der Waals surface area contributed by atoms with E-state index in [0.717, 1.165) is 0 Å². The van der Waals surface area contributed by atoms with Crippen LogP contribution in [-0.4, -0.2) is 25.0 Å². The van der Waals surface area contributed by atoms with Gasteiger partial charge in [0.25, 0.3) is 0 Å². The number of hydrogen-bond acceptors (Lipinski definition) is 4. The summed E-state index contributed by atoms with van der Waals surface area (Å²) in [6.45, 7) is 0.831. The van der Waals surface area contributed by atoms with Crippen molar-refractivity contribution in [3.8, 4) is 5.75 Å². The minimum absolute atomic E-state index is 0.161. The number of nitrogens with two attached hydrogens (primary N) is 1. The first-order chi connectivity index (χ1) is 8.22. The average molecular weight is 234 g/mol. The van der Waals surface area contributed by atoms with E-state index in [1.807, 2.05) is 0 Å². The number of amides is 2. The van der Waals surface area contributed by atoms with Gasteiger partial charge in [0.1, 0.15) is 12.4 Å². The van der Waals surface area contributed by atoms with Crippen LogP contribution in [-0.2, 0) is 9.59 Å². The molecule has 0 spiro atoms. The zero-order chi connectivity index (χ0) is 12.3. The number of ether oxygens (including phenoxy) is 1. The molecule has 0 aromatic heterocycles. The maximum Gasteiger partial charge on any atom is 0.234 e. The Bertz CT molecular complexity index is 429. The molecule has 0 bridgehead atoms. The first-order valence-corrected chi connectivity index (χ1v) is 5.51.